The molecule has 0 spiro atoms. The molecule has 164 valence electrons. The number of anilines is 1. The van der Waals surface area contributed by atoms with E-state index in [0.29, 0.717) is 23.7 Å². The van der Waals surface area contributed by atoms with Crippen LogP contribution in [-0.4, -0.2) is 35.6 Å². The van der Waals surface area contributed by atoms with E-state index in [4.69, 9.17) is 9.47 Å². The van der Waals surface area contributed by atoms with E-state index in [0.717, 1.165) is 5.56 Å². The lowest BCUT2D eigenvalue weighted by Gasteiger charge is -2.28. The van der Waals surface area contributed by atoms with Gasteiger partial charge in [0.15, 0.2) is 23.0 Å². The lowest BCUT2D eigenvalue weighted by molar-refractivity contribution is -0.119. The first-order valence-electron chi connectivity index (χ1n) is 10.1. The molecule has 1 aliphatic rings. The summed E-state index contributed by atoms with van der Waals surface area (Å²) < 4.78 is 11.0. The molecular weight excluding hydrogens is 398 g/mol. The Bertz CT molecular complexity index is 1060. The number of aryl methyl sites for hydroxylation is 1. The highest BCUT2D eigenvalue weighted by atomic mass is 16.5. The zero-order chi connectivity index (χ0) is 22.9. The van der Waals surface area contributed by atoms with Crippen LogP contribution in [-0.2, 0) is 9.59 Å². The average Bonchev–Trinajstić information content (AvgIpc) is 3.00. The summed E-state index contributed by atoms with van der Waals surface area (Å²) in [7, 11) is 1.52. The van der Waals surface area contributed by atoms with Crippen LogP contribution in [0.25, 0.3) is 0 Å². The van der Waals surface area contributed by atoms with Crippen LogP contribution in [0.2, 0.25) is 0 Å². The zero-order valence-corrected chi connectivity index (χ0v) is 18.3. The van der Waals surface area contributed by atoms with Crippen molar-refractivity contribution in [1.29, 1.82) is 0 Å². The lowest BCUT2D eigenvalue weighted by Crippen LogP contribution is -2.31. The minimum absolute atomic E-state index is 0.00600. The van der Waals surface area contributed by atoms with Crippen LogP contribution in [0.3, 0.4) is 0 Å². The number of hydrogen-bond acceptors (Lipinski definition) is 6. The van der Waals surface area contributed by atoms with E-state index in [9.17, 15) is 19.8 Å². The molecule has 1 amide bonds. The van der Waals surface area contributed by atoms with Crippen molar-refractivity contribution in [2.45, 2.75) is 33.7 Å². The van der Waals surface area contributed by atoms with Crippen LogP contribution in [0.15, 0.2) is 47.7 Å². The molecule has 31 heavy (non-hydrogen) atoms. The summed E-state index contributed by atoms with van der Waals surface area (Å²) in [6.07, 6.45) is 0. The Morgan fingerprint density at radius 3 is 2.45 bits per heavy atom. The van der Waals surface area contributed by atoms with Crippen molar-refractivity contribution >= 4 is 17.4 Å². The first-order chi connectivity index (χ1) is 14.7. The number of aliphatic hydroxyl groups excluding tert-OH is 1. The van der Waals surface area contributed by atoms with Crippen molar-refractivity contribution < 1.29 is 29.3 Å². The highest BCUT2D eigenvalue weighted by Gasteiger charge is 2.45. The average molecular weight is 425 g/mol. The van der Waals surface area contributed by atoms with Crippen molar-refractivity contribution in [3.8, 4) is 17.2 Å². The summed E-state index contributed by atoms with van der Waals surface area (Å²) in [6, 6.07) is 8.99. The van der Waals surface area contributed by atoms with Gasteiger partial charge in [-0.2, -0.15) is 0 Å². The van der Waals surface area contributed by atoms with Gasteiger partial charge in [0.1, 0.15) is 5.75 Å². The molecule has 1 atom stereocenters. The molecular formula is C24H27NO6. The SMILES string of the molecule is CCOc1cc(C2C(C(=O)C(C)C)=C(O)C(=O)N2c2cc(C)ccc2O)ccc1OC. The number of carbonyl (C=O) groups excluding carboxylic acids is 2. The summed E-state index contributed by atoms with van der Waals surface area (Å²) in [5.74, 6) is -1.33. The van der Waals surface area contributed by atoms with Crippen molar-refractivity contribution in [3.63, 3.8) is 0 Å². The molecule has 0 saturated carbocycles. The Labute approximate surface area is 181 Å². The molecule has 0 aliphatic carbocycles. The number of methoxy groups -OCH3 is 1. The third kappa shape index (κ3) is 3.95. The predicted octanol–water partition coefficient (Wildman–Crippen LogP) is 4.23. The number of Topliss-reactive ketones (excluding diaryl/α,β-unsaturated/α-hetero) is 1. The molecule has 7 nitrogen and oxygen atoms in total. The first kappa shape index (κ1) is 22.2. The number of aliphatic hydroxyl groups is 1. The molecule has 0 aromatic heterocycles. The first-order valence-corrected chi connectivity index (χ1v) is 10.1. The number of ether oxygens (including phenoxy) is 2. The van der Waals surface area contributed by atoms with E-state index in [1.54, 1.807) is 44.2 Å². The van der Waals surface area contributed by atoms with Gasteiger partial charge in [0.2, 0.25) is 0 Å². The van der Waals surface area contributed by atoms with Gasteiger partial charge < -0.3 is 19.7 Å². The normalized spacial score (nSPS) is 16.3. The highest BCUT2D eigenvalue weighted by Crippen LogP contribution is 2.46. The van der Waals surface area contributed by atoms with Crippen molar-refractivity contribution in [2.24, 2.45) is 5.92 Å². The van der Waals surface area contributed by atoms with Crippen LogP contribution in [0.4, 0.5) is 5.69 Å². The van der Waals surface area contributed by atoms with Gasteiger partial charge in [-0.25, -0.2) is 0 Å². The van der Waals surface area contributed by atoms with Gasteiger partial charge in [-0.05, 0) is 49.2 Å². The number of benzene rings is 2. The maximum Gasteiger partial charge on any atom is 0.294 e. The number of nitrogens with zero attached hydrogens (tertiary/aromatic N) is 1. The molecule has 2 aromatic carbocycles. The minimum atomic E-state index is -0.930. The molecule has 0 saturated heterocycles. The van der Waals surface area contributed by atoms with Gasteiger partial charge in [-0.1, -0.05) is 26.0 Å². The third-order valence-electron chi connectivity index (χ3n) is 5.19. The van der Waals surface area contributed by atoms with Crippen LogP contribution in [0, 0.1) is 12.8 Å². The molecule has 0 radical (unpaired) electrons. The molecule has 1 heterocycles. The number of ketones is 1. The quantitative estimate of drug-likeness (QED) is 0.689. The number of aromatic hydroxyl groups is 1. The standard InChI is InChI=1S/C24H27NO6/c1-6-31-19-12-15(8-10-18(19)30-5)21-20(22(27)13(2)3)23(28)24(29)25(21)16-11-14(4)7-9-17(16)26/h7-13,21,26,28H,6H2,1-5H3. The van der Waals surface area contributed by atoms with Crippen LogP contribution in [0.1, 0.15) is 37.9 Å². The molecule has 2 aromatic rings. The zero-order valence-electron chi connectivity index (χ0n) is 18.3. The fourth-order valence-corrected chi connectivity index (χ4v) is 3.69. The monoisotopic (exact) mass is 425 g/mol. The van der Waals surface area contributed by atoms with Gasteiger partial charge in [0.25, 0.3) is 5.91 Å². The fourth-order valence-electron chi connectivity index (χ4n) is 3.69. The largest absolute Gasteiger partial charge is 0.506 e. The maximum atomic E-state index is 13.1. The van der Waals surface area contributed by atoms with Gasteiger partial charge >= 0.3 is 0 Å². The summed E-state index contributed by atoms with van der Waals surface area (Å²) >= 11 is 0. The second-order valence-electron chi connectivity index (χ2n) is 7.69. The van der Waals surface area contributed by atoms with E-state index in [1.807, 2.05) is 13.8 Å². The lowest BCUT2D eigenvalue weighted by atomic mass is 9.91. The summed E-state index contributed by atoms with van der Waals surface area (Å²) in [5, 5.41) is 21.2. The third-order valence-corrected chi connectivity index (χ3v) is 5.19. The van der Waals surface area contributed by atoms with Crippen molar-refractivity contribution in [2.75, 3.05) is 18.6 Å². The molecule has 3 rings (SSSR count). The minimum Gasteiger partial charge on any atom is -0.506 e. The molecule has 1 unspecified atom stereocenters. The van der Waals surface area contributed by atoms with E-state index >= 15 is 0 Å². The van der Waals surface area contributed by atoms with E-state index in [1.165, 1.54) is 18.1 Å². The van der Waals surface area contributed by atoms with E-state index in [-0.39, 0.29) is 22.8 Å². The van der Waals surface area contributed by atoms with Crippen LogP contribution in [0.5, 0.6) is 17.2 Å². The molecule has 0 bridgehead atoms. The summed E-state index contributed by atoms with van der Waals surface area (Å²) in [5.41, 5.74) is 1.56. The van der Waals surface area contributed by atoms with Crippen molar-refractivity contribution in [3.05, 3.63) is 58.9 Å². The van der Waals surface area contributed by atoms with Gasteiger partial charge in [0.05, 0.1) is 31.0 Å². The molecule has 7 heteroatoms. The topological polar surface area (TPSA) is 96.3 Å². The Kier molecular flexibility index (Phi) is 6.24. The maximum absolute atomic E-state index is 13.1. The number of phenolic OH excluding ortho intramolecular Hbond substituents is 1. The van der Waals surface area contributed by atoms with Gasteiger partial charge in [-0.3, -0.25) is 14.5 Å². The summed E-state index contributed by atoms with van der Waals surface area (Å²) in [4.78, 5) is 27.4. The predicted molar refractivity (Wildman–Crippen MR) is 117 cm³/mol. The number of phenols is 1. The van der Waals surface area contributed by atoms with E-state index in [2.05, 4.69) is 0 Å². The second kappa shape index (κ2) is 8.71. The molecule has 0 fully saturated rings. The smallest absolute Gasteiger partial charge is 0.294 e. The molecule has 2 N–H and O–H groups in total. The Morgan fingerprint density at radius 1 is 1.13 bits per heavy atom. The van der Waals surface area contributed by atoms with Gasteiger partial charge in [0, 0.05) is 5.92 Å². The van der Waals surface area contributed by atoms with Crippen LogP contribution >= 0.6 is 0 Å². The van der Waals surface area contributed by atoms with Crippen molar-refractivity contribution in [1.82, 2.24) is 0 Å². The molecule has 1 aliphatic heterocycles. The van der Waals surface area contributed by atoms with Gasteiger partial charge in [-0.15, -0.1) is 0 Å². The Hall–Kier alpha value is -3.48. The summed E-state index contributed by atoms with van der Waals surface area (Å²) in [6.45, 7) is 7.46. The number of rotatable bonds is 7. The highest BCUT2D eigenvalue weighted by molar-refractivity contribution is 6.17. The number of hydrogen-bond donors (Lipinski definition) is 2. The van der Waals surface area contributed by atoms with Crippen LogP contribution < -0.4 is 14.4 Å². The second-order valence-corrected chi connectivity index (χ2v) is 7.69. The Morgan fingerprint density at radius 2 is 1.84 bits per heavy atom. The Balaban J connectivity index is 2.26. The van der Waals surface area contributed by atoms with E-state index < -0.39 is 23.6 Å². The number of amides is 1. The number of carbonyl (C=O) groups is 2. The fraction of sp³-hybridized carbons (Fsp3) is 0.333.